The highest BCUT2D eigenvalue weighted by atomic mass is 79.9. The lowest BCUT2D eigenvalue weighted by molar-refractivity contribution is 0.218. The summed E-state index contributed by atoms with van der Waals surface area (Å²) in [7, 11) is 0. The molecule has 6 nitrogen and oxygen atoms in total. The fourth-order valence-electron chi connectivity index (χ4n) is 3.99. The van der Waals surface area contributed by atoms with E-state index in [-0.39, 0.29) is 0 Å². The monoisotopic (exact) mass is 444 g/mol. The predicted molar refractivity (Wildman–Crippen MR) is 110 cm³/mol. The Bertz CT molecular complexity index is 1150. The van der Waals surface area contributed by atoms with Gasteiger partial charge in [-0.2, -0.15) is 5.10 Å². The lowest BCUT2D eigenvalue weighted by Crippen LogP contribution is -2.26. The van der Waals surface area contributed by atoms with Gasteiger partial charge in [0.25, 0.3) is 0 Å². The maximum atomic E-state index is 4.84. The molecule has 1 atom stereocenters. The van der Waals surface area contributed by atoms with Crippen molar-refractivity contribution in [2.24, 2.45) is 11.3 Å². The van der Waals surface area contributed by atoms with E-state index in [1.165, 1.54) is 22.2 Å². The molecule has 4 heterocycles. The van der Waals surface area contributed by atoms with Gasteiger partial charge in [0, 0.05) is 11.1 Å². The van der Waals surface area contributed by atoms with Gasteiger partial charge in [0.1, 0.15) is 17.7 Å². The first-order valence-corrected chi connectivity index (χ1v) is 10.8. The van der Waals surface area contributed by atoms with Crippen LogP contribution in [-0.2, 0) is 19.4 Å². The van der Waals surface area contributed by atoms with Crippen LogP contribution >= 0.6 is 27.3 Å². The molecule has 0 radical (unpaired) electrons. The van der Waals surface area contributed by atoms with Gasteiger partial charge in [-0.1, -0.05) is 20.8 Å². The van der Waals surface area contributed by atoms with Crippen molar-refractivity contribution in [1.82, 2.24) is 29.4 Å². The van der Waals surface area contributed by atoms with Crippen LogP contribution in [0.2, 0.25) is 0 Å². The molecule has 1 unspecified atom stereocenters. The van der Waals surface area contributed by atoms with E-state index in [0.717, 1.165) is 39.5 Å². The minimum atomic E-state index is 0.344. The highest BCUT2D eigenvalue weighted by molar-refractivity contribution is 9.10. The second-order valence-corrected chi connectivity index (χ2v) is 10.4. The van der Waals surface area contributed by atoms with Crippen LogP contribution < -0.4 is 0 Å². The molecule has 0 saturated carbocycles. The van der Waals surface area contributed by atoms with Crippen molar-refractivity contribution in [3.8, 4) is 0 Å². The molecule has 0 N–H and O–H groups in total. The molecule has 8 heteroatoms. The summed E-state index contributed by atoms with van der Waals surface area (Å²) in [6, 6.07) is 0. The lowest BCUT2D eigenvalue weighted by Gasteiger charge is -2.33. The van der Waals surface area contributed by atoms with Crippen molar-refractivity contribution in [2.45, 2.75) is 46.6 Å². The van der Waals surface area contributed by atoms with E-state index in [1.54, 1.807) is 12.5 Å². The maximum Gasteiger partial charge on any atom is 0.173 e. The molecule has 0 amide bonds. The number of fused-ring (bicyclic) bond motifs is 5. The average Bonchev–Trinajstić information content (AvgIpc) is 3.29. The molecule has 27 heavy (non-hydrogen) atoms. The minimum Gasteiger partial charge on any atom is -0.264 e. The van der Waals surface area contributed by atoms with Gasteiger partial charge in [-0.3, -0.25) is 4.68 Å². The number of rotatable bonds is 2. The van der Waals surface area contributed by atoms with Crippen LogP contribution in [0.5, 0.6) is 0 Å². The summed E-state index contributed by atoms with van der Waals surface area (Å²) in [6.45, 7) is 7.60. The van der Waals surface area contributed by atoms with Crippen LogP contribution in [0.3, 0.4) is 0 Å². The Morgan fingerprint density at radius 3 is 2.93 bits per heavy atom. The van der Waals surface area contributed by atoms with Gasteiger partial charge < -0.3 is 0 Å². The van der Waals surface area contributed by atoms with E-state index in [4.69, 9.17) is 4.98 Å². The Labute approximate surface area is 169 Å². The van der Waals surface area contributed by atoms with Gasteiger partial charge in [0.15, 0.2) is 11.5 Å². The number of aryl methyl sites for hydroxylation is 1. The van der Waals surface area contributed by atoms with Gasteiger partial charge in [-0.15, -0.1) is 16.4 Å². The second-order valence-electron chi connectivity index (χ2n) is 8.39. The summed E-state index contributed by atoms with van der Waals surface area (Å²) < 4.78 is 4.61. The first-order valence-electron chi connectivity index (χ1n) is 9.21. The summed E-state index contributed by atoms with van der Waals surface area (Å²) in [5.41, 5.74) is 2.71. The summed E-state index contributed by atoms with van der Waals surface area (Å²) in [5.74, 6) is 1.48. The number of hydrogen-bond acceptors (Lipinski definition) is 5. The topological polar surface area (TPSA) is 60.9 Å². The Hall–Kier alpha value is -1.80. The first kappa shape index (κ1) is 17.3. The molecule has 4 aromatic rings. The number of aromatic nitrogens is 6. The molecule has 0 bridgehead atoms. The number of hydrogen-bond donors (Lipinski definition) is 0. The van der Waals surface area contributed by atoms with E-state index >= 15 is 0 Å². The first-order chi connectivity index (χ1) is 12.9. The smallest absolute Gasteiger partial charge is 0.173 e. The molecule has 4 aromatic heterocycles. The summed E-state index contributed by atoms with van der Waals surface area (Å²) in [6.07, 6.45) is 8.97. The summed E-state index contributed by atoms with van der Waals surface area (Å²) >= 11 is 5.26. The van der Waals surface area contributed by atoms with E-state index in [1.807, 2.05) is 26.7 Å². The molecule has 0 fully saturated rings. The third-order valence-corrected chi connectivity index (χ3v) is 7.13. The van der Waals surface area contributed by atoms with Crippen LogP contribution in [0, 0.1) is 11.3 Å². The molecule has 1 aliphatic carbocycles. The van der Waals surface area contributed by atoms with E-state index < -0.39 is 0 Å². The third-order valence-electron chi connectivity index (χ3n) is 5.56. The van der Waals surface area contributed by atoms with Crippen LogP contribution in [0.25, 0.3) is 15.9 Å². The van der Waals surface area contributed by atoms with Crippen LogP contribution in [0.4, 0.5) is 0 Å². The zero-order chi connectivity index (χ0) is 18.8. The Kier molecular flexibility index (Phi) is 3.91. The molecule has 0 aliphatic heterocycles. The molecule has 0 spiro atoms. The van der Waals surface area contributed by atoms with Gasteiger partial charge in [-0.25, -0.2) is 14.5 Å². The molecule has 0 saturated heterocycles. The average molecular weight is 445 g/mol. The molecular formula is C19H21BrN6S. The van der Waals surface area contributed by atoms with Crippen molar-refractivity contribution >= 4 is 43.1 Å². The fourth-order valence-corrected chi connectivity index (χ4v) is 5.58. The molecular weight excluding hydrogens is 424 g/mol. The molecule has 5 rings (SSSR count). The molecule has 1 aliphatic rings. The van der Waals surface area contributed by atoms with Gasteiger partial charge in [0.2, 0.25) is 0 Å². The standard InChI is InChI=1S/C19H21BrN6S/c1-19(2,3)11-4-5-13-14(6-11)27-18-16(13)17-23-15(24-26(17)10-21-18)9-25-8-12(20)7-22-25/h7-8,10-11H,4-6,9H2,1-3H3. The van der Waals surface area contributed by atoms with Crippen molar-refractivity contribution in [3.05, 3.63) is 39.5 Å². The van der Waals surface area contributed by atoms with Gasteiger partial charge in [-0.05, 0) is 52.1 Å². The Balaban J connectivity index is 1.58. The second kappa shape index (κ2) is 6.10. The summed E-state index contributed by atoms with van der Waals surface area (Å²) in [4.78, 5) is 12.1. The van der Waals surface area contributed by atoms with Gasteiger partial charge >= 0.3 is 0 Å². The van der Waals surface area contributed by atoms with Crippen molar-refractivity contribution < 1.29 is 0 Å². The predicted octanol–water partition coefficient (Wildman–Crippen LogP) is 4.50. The normalized spacial score (nSPS) is 17.7. The molecule has 0 aromatic carbocycles. The van der Waals surface area contributed by atoms with E-state index in [2.05, 4.69) is 51.9 Å². The fraction of sp³-hybridized carbons (Fsp3) is 0.474. The van der Waals surface area contributed by atoms with Crippen molar-refractivity contribution in [2.75, 3.05) is 0 Å². The minimum absolute atomic E-state index is 0.344. The SMILES string of the molecule is CC(C)(C)C1CCc2c(sc3ncn4nc(Cn5cc(Br)cn5)nc4c23)C1. The van der Waals surface area contributed by atoms with E-state index in [0.29, 0.717) is 12.0 Å². The van der Waals surface area contributed by atoms with Crippen LogP contribution in [-0.4, -0.2) is 29.4 Å². The van der Waals surface area contributed by atoms with Crippen LogP contribution in [0.15, 0.2) is 23.2 Å². The molecule has 140 valence electrons. The maximum absolute atomic E-state index is 4.84. The number of halogens is 1. The Morgan fingerprint density at radius 1 is 1.33 bits per heavy atom. The van der Waals surface area contributed by atoms with Crippen molar-refractivity contribution in [1.29, 1.82) is 0 Å². The highest BCUT2D eigenvalue weighted by Gasteiger charge is 2.31. The van der Waals surface area contributed by atoms with E-state index in [9.17, 15) is 0 Å². The quantitative estimate of drug-likeness (QED) is 0.456. The lowest BCUT2D eigenvalue weighted by atomic mass is 9.72. The zero-order valence-electron chi connectivity index (χ0n) is 15.6. The van der Waals surface area contributed by atoms with Crippen LogP contribution in [0.1, 0.15) is 43.5 Å². The highest BCUT2D eigenvalue weighted by Crippen LogP contribution is 2.43. The third kappa shape index (κ3) is 2.99. The number of nitrogens with zero attached hydrogens (tertiary/aromatic N) is 6. The Morgan fingerprint density at radius 2 is 2.19 bits per heavy atom. The zero-order valence-corrected chi connectivity index (χ0v) is 18.0. The summed E-state index contributed by atoms with van der Waals surface area (Å²) in [5, 5.41) is 10.1. The van der Waals surface area contributed by atoms with Gasteiger partial charge in [0.05, 0.1) is 16.1 Å². The van der Waals surface area contributed by atoms with Crippen molar-refractivity contribution in [3.63, 3.8) is 0 Å². The number of thiophene rings is 1. The largest absolute Gasteiger partial charge is 0.264 e.